The minimum atomic E-state index is -0.693. The Labute approximate surface area is 180 Å². The minimum Gasteiger partial charge on any atom is -0.390 e. The second-order valence-corrected chi connectivity index (χ2v) is 8.15. The summed E-state index contributed by atoms with van der Waals surface area (Å²) in [6.45, 7) is 6.84. The number of aliphatic hydroxyl groups is 1. The van der Waals surface area contributed by atoms with Gasteiger partial charge >= 0.3 is 0 Å². The van der Waals surface area contributed by atoms with Gasteiger partial charge in [0.15, 0.2) is 0 Å². The zero-order chi connectivity index (χ0) is 22.0. The van der Waals surface area contributed by atoms with E-state index in [4.69, 9.17) is 0 Å². The summed E-state index contributed by atoms with van der Waals surface area (Å²) in [5.41, 5.74) is 2.42. The number of fused-ring (bicyclic) bond motifs is 1. The number of aliphatic hydroxyl groups excluding tert-OH is 1. The molecule has 1 fully saturated rings. The van der Waals surface area contributed by atoms with Crippen LogP contribution in [0.25, 0.3) is 0 Å². The summed E-state index contributed by atoms with van der Waals surface area (Å²) in [7, 11) is 0. The number of likely N-dealkylation sites (tertiary alicyclic amines) is 1. The molecule has 1 atom stereocenters. The lowest BCUT2D eigenvalue weighted by molar-refractivity contribution is -0.132. The molecular formula is C20H28N8O3. The van der Waals surface area contributed by atoms with Gasteiger partial charge in [0, 0.05) is 58.7 Å². The summed E-state index contributed by atoms with van der Waals surface area (Å²) in [5.74, 6) is 1.12. The van der Waals surface area contributed by atoms with E-state index in [2.05, 4.69) is 35.5 Å². The fraction of sp³-hybridized carbons (Fsp3) is 0.550. The molecule has 2 aromatic heterocycles. The highest BCUT2D eigenvalue weighted by molar-refractivity contribution is 5.92. The number of amides is 2. The van der Waals surface area contributed by atoms with Crippen molar-refractivity contribution >= 4 is 17.6 Å². The summed E-state index contributed by atoms with van der Waals surface area (Å²) < 4.78 is 0. The van der Waals surface area contributed by atoms with Crippen molar-refractivity contribution in [2.24, 2.45) is 0 Å². The third-order valence-corrected chi connectivity index (χ3v) is 5.58. The number of aromatic amines is 1. The van der Waals surface area contributed by atoms with E-state index in [0.29, 0.717) is 32.0 Å². The normalized spacial score (nSPS) is 17.6. The molecule has 4 N–H and O–H groups in total. The summed E-state index contributed by atoms with van der Waals surface area (Å²) in [5, 5.41) is 16.3. The van der Waals surface area contributed by atoms with Crippen LogP contribution < -0.4 is 10.6 Å². The highest BCUT2D eigenvalue weighted by Gasteiger charge is 2.28. The number of carbonyl (C=O) groups excluding carboxylic acids is 2. The van der Waals surface area contributed by atoms with Gasteiger partial charge in [0.05, 0.1) is 23.5 Å². The third-order valence-electron chi connectivity index (χ3n) is 5.58. The van der Waals surface area contributed by atoms with Crippen LogP contribution in [-0.4, -0.2) is 91.5 Å². The highest BCUT2D eigenvalue weighted by Crippen LogP contribution is 2.17. The fourth-order valence-corrected chi connectivity index (χ4v) is 3.91. The van der Waals surface area contributed by atoms with E-state index in [1.54, 1.807) is 17.9 Å². The second kappa shape index (κ2) is 8.98. The van der Waals surface area contributed by atoms with Gasteiger partial charge in [0.2, 0.25) is 5.91 Å². The summed E-state index contributed by atoms with van der Waals surface area (Å²) in [6, 6.07) is 1.69. The smallest absolute Gasteiger partial charge is 0.270 e. The molecule has 166 valence electrons. The fourth-order valence-electron chi connectivity index (χ4n) is 3.91. The number of hydrogen-bond acceptors (Lipinski definition) is 8. The highest BCUT2D eigenvalue weighted by atomic mass is 16.3. The molecule has 2 aromatic rings. The maximum Gasteiger partial charge on any atom is 0.270 e. The Hall–Kier alpha value is -3.05. The monoisotopic (exact) mass is 428 g/mol. The van der Waals surface area contributed by atoms with Crippen molar-refractivity contribution in [3.05, 3.63) is 35.3 Å². The molecule has 2 aliphatic heterocycles. The predicted octanol–water partition coefficient (Wildman–Crippen LogP) is -0.700. The van der Waals surface area contributed by atoms with Gasteiger partial charge in [-0.15, -0.1) is 0 Å². The quantitative estimate of drug-likeness (QED) is 0.454. The van der Waals surface area contributed by atoms with Crippen LogP contribution in [0.4, 0.5) is 5.82 Å². The molecule has 0 unspecified atom stereocenters. The number of H-pyrrole nitrogens is 1. The zero-order valence-electron chi connectivity index (χ0n) is 17.8. The second-order valence-electron chi connectivity index (χ2n) is 8.15. The van der Waals surface area contributed by atoms with Crippen molar-refractivity contribution < 1.29 is 14.7 Å². The first-order valence-electron chi connectivity index (χ1n) is 10.4. The van der Waals surface area contributed by atoms with Crippen LogP contribution in [0.5, 0.6) is 0 Å². The molecule has 0 aromatic carbocycles. The standard InChI is InChI=1S/C20H28N8O3/c1-12-24-16-3-4-27(10-18(16)25-12)9-15(30)6-21-20(31)17-5-19(23-11-22-17)26-14-7-28(8-14)13(2)29/h5,11,14-15,30H,3-4,6-10H2,1-2H3,(H,21,31)(H,24,25)(H,22,23,26)/t15-/m0/s1. The van der Waals surface area contributed by atoms with Crippen LogP contribution in [-0.2, 0) is 17.8 Å². The molecule has 31 heavy (non-hydrogen) atoms. The Kier molecular flexibility index (Phi) is 6.14. The third kappa shape index (κ3) is 5.17. The van der Waals surface area contributed by atoms with Crippen LogP contribution in [0.15, 0.2) is 12.4 Å². The van der Waals surface area contributed by atoms with Crippen molar-refractivity contribution in [3.8, 4) is 0 Å². The first-order valence-corrected chi connectivity index (χ1v) is 10.4. The van der Waals surface area contributed by atoms with E-state index in [1.807, 2.05) is 6.92 Å². The van der Waals surface area contributed by atoms with Crippen LogP contribution >= 0.6 is 0 Å². The van der Waals surface area contributed by atoms with E-state index in [-0.39, 0.29) is 30.1 Å². The zero-order valence-corrected chi connectivity index (χ0v) is 17.8. The summed E-state index contributed by atoms with van der Waals surface area (Å²) >= 11 is 0. The van der Waals surface area contributed by atoms with Gasteiger partial charge < -0.3 is 25.6 Å². The molecule has 1 saturated heterocycles. The number of carbonyl (C=O) groups is 2. The van der Waals surface area contributed by atoms with Gasteiger partial charge in [-0.05, 0) is 6.92 Å². The molecule has 2 amide bonds. The molecule has 0 bridgehead atoms. The Morgan fingerprint density at radius 1 is 1.35 bits per heavy atom. The average molecular weight is 428 g/mol. The lowest BCUT2D eigenvalue weighted by Crippen LogP contribution is -2.56. The molecular weight excluding hydrogens is 400 g/mol. The minimum absolute atomic E-state index is 0.0454. The largest absolute Gasteiger partial charge is 0.390 e. The number of aromatic nitrogens is 4. The number of imidazole rings is 1. The number of β-amino-alcohol motifs (C(OH)–C–C–N with tert-alkyl or cyclic N) is 1. The molecule has 0 aliphatic carbocycles. The first kappa shape index (κ1) is 21.2. The number of anilines is 1. The number of hydrogen-bond donors (Lipinski definition) is 4. The van der Waals surface area contributed by atoms with E-state index >= 15 is 0 Å². The van der Waals surface area contributed by atoms with Crippen molar-refractivity contribution in [2.45, 2.75) is 39.0 Å². The SMILES string of the molecule is CC(=O)N1CC(Nc2cc(C(=O)NC[C@H](O)CN3CCc4nc(C)[nH]c4C3)ncn2)C1. The molecule has 2 aliphatic rings. The van der Waals surface area contributed by atoms with Crippen LogP contribution in [0, 0.1) is 6.92 Å². The first-order chi connectivity index (χ1) is 14.9. The number of aryl methyl sites for hydroxylation is 1. The van der Waals surface area contributed by atoms with Crippen molar-refractivity contribution in [1.29, 1.82) is 0 Å². The van der Waals surface area contributed by atoms with Crippen molar-refractivity contribution in [2.75, 3.05) is 38.0 Å². The van der Waals surface area contributed by atoms with Gasteiger partial charge in [-0.1, -0.05) is 0 Å². The van der Waals surface area contributed by atoms with E-state index < -0.39 is 6.10 Å². The van der Waals surface area contributed by atoms with Gasteiger partial charge in [-0.3, -0.25) is 14.5 Å². The van der Waals surface area contributed by atoms with Gasteiger partial charge in [-0.25, -0.2) is 15.0 Å². The van der Waals surface area contributed by atoms with Gasteiger partial charge in [0.25, 0.3) is 5.91 Å². The molecule has 4 heterocycles. The van der Waals surface area contributed by atoms with Crippen molar-refractivity contribution in [3.63, 3.8) is 0 Å². The van der Waals surface area contributed by atoms with E-state index in [9.17, 15) is 14.7 Å². The Balaban J connectivity index is 1.23. The number of rotatable bonds is 7. The Morgan fingerprint density at radius 2 is 2.16 bits per heavy atom. The van der Waals surface area contributed by atoms with E-state index in [1.165, 1.54) is 6.33 Å². The lowest BCUT2D eigenvalue weighted by Gasteiger charge is -2.39. The predicted molar refractivity (Wildman–Crippen MR) is 112 cm³/mol. The molecule has 11 nitrogen and oxygen atoms in total. The van der Waals surface area contributed by atoms with Gasteiger partial charge in [0.1, 0.15) is 23.7 Å². The van der Waals surface area contributed by atoms with Crippen LogP contribution in [0.1, 0.15) is 34.6 Å². The topological polar surface area (TPSA) is 139 Å². The maximum atomic E-state index is 12.5. The average Bonchev–Trinajstić information content (AvgIpc) is 3.07. The van der Waals surface area contributed by atoms with Crippen molar-refractivity contribution in [1.82, 2.24) is 35.1 Å². The summed E-state index contributed by atoms with van der Waals surface area (Å²) in [6.07, 6.45) is 1.48. The summed E-state index contributed by atoms with van der Waals surface area (Å²) in [4.78, 5) is 43.5. The van der Waals surface area contributed by atoms with Crippen LogP contribution in [0.3, 0.4) is 0 Å². The number of nitrogens with zero attached hydrogens (tertiary/aromatic N) is 5. The molecule has 11 heteroatoms. The number of nitrogens with one attached hydrogen (secondary N) is 3. The molecule has 4 rings (SSSR count). The van der Waals surface area contributed by atoms with E-state index in [0.717, 1.165) is 30.2 Å². The lowest BCUT2D eigenvalue weighted by atomic mass is 10.1. The van der Waals surface area contributed by atoms with Gasteiger partial charge in [-0.2, -0.15) is 0 Å². The molecule has 0 radical (unpaired) electrons. The van der Waals surface area contributed by atoms with Crippen LogP contribution in [0.2, 0.25) is 0 Å². The Bertz CT molecular complexity index is 956. The molecule has 0 spiro atoms. The maximum absolute atomic E-state index is 12.5. The molecule has 0 saturated carbocycles. The Morgan fingerprint density at radius 3 is 2.94 bits per heavy atom.